The number of ether oxygens (including phenoxy) is 1. The van der Waals surface area contributed by atoms with Crippen LogP contribution in [0.1, 0.15) is 79.0 Å². The number of carboxylic acids is 1. The first-order chi connectivity index (χ1) is 17.2. The van der Waals surface area contributed by atoms with E-state index in [4.69, 9.17) is 9.26 Å². The molecule has 3 rings (SSSR count). The van der Waals surface area contributed by atoms with Crippen LogP contribution in [0.4, 0.5) is 4.79 Å². The van der Waals surface area contributed by atoms with Crippen LogP contribution in [0.25, 0.3) is 11.3 Å². The molecule has 2 atom stereocenters. The Morgan fingerprint density at radius 2 is 1.92 bits per heavy atom. The van der Waals surface area contributed by atoms with Gasteiger partial charge in [0, 0.05) is 37.8 Å². The lowest BCUT2D eigenvalue weighted by atomic mass is 9.65. The standard InChI is InChI=1S/C29H43N3O5/c1-8-13-29(25(33)34)15-21(27(2,3)4)17-32(19-29)18-22-14-24(37-31-22)23-12-10-9-11-20(23)16-30-26(35)36-28(5,6)7/h9-12,14,21H,8,13,15-19H2,1-7H3,(H,30,35)(H,33,34)/t21-,29-/m1/s1. The van der Waals surface area contributed by atoms with Crippen molar-refractivity contribution < 1.29 is 24.0 Å². The van der Waals surface area contributed by atoms with Crippen LogP contribution in [0.2, 0.25) is 0 Å². The SMILES string of the molecule is CCC[C@@]1(C(=O)O)C[C@@H](C(C)(C)C)CN(Cc2cc(-c3ccccc3CNC(=O)OC(C)(C)C)on2)C1. The van der Waals surface area contributed by atoms with E-state index in [1.165, 1.54) is 0 Å². The number of rotatable bonds is 8. The molecular weight excluding hydrogens is 470 g/mol. The summed E-state index contributed by atoms with van der Waals surface area (Å²) in [4.78, 5) is 26.8. The summed E-state index contributed by atoms with van der Waals surface area (Å²) >= 11 is 0. The highest BCUT2D eigenvalue weighted by Gasteiger charge is 2.47. The number of aromatic nitrogens is 1. The van der Waals surface area contributed by atoms with Crippen molar-refractivity contribution in [1.29, 1.82) is 0 Å². The maximum atomic E-state index is 12.4. The quantitative estimate of drug-likeness (QED) is 0.439. The molecule has 1 aromatic heterocycles. The lowest BCUT2D eigenvalue weighted by Crippen LogP contribution is -2.53. The molecule has 8 heteroatoms. The number of aliphatic carboxylic acids is 1. The van der Waals surface area contributed by atoms with Gasteiger partial charge in [0.2, 0.25) is 0 Å². The van der Waals surface area contributed by atoms with Gasteiger partial charge in [0.25, 0.3) is 0 Å². The molecule has 0 unspecified atom stereocenters. The average molecular weight is 514 g/mol. The average Bonchev–Trinajstić information content (AvgIpc) is 3.24. The van der Waals surface area contributed by atoms with Gasteiger partial charge in [-0.2, -0.15) is 0 Å². The predicted molar refractivity (Wildman–Crippen MR) is 143 cm³/mol. The van der Waals surface area contributed by atoms with Crippen molar-refractivity contribution in [2.75, 3.05) is 13.1 Å². The molecule has 0 spiro atoms. The molecule has 2 heterocycles. The van der Waals surface area contributed by atoms with Crippen LogP contribution in [0.3, 0.4) is 0 Å². The number of likely N-dealkylation sites (tertiary alicyclic amines) is 1. The van der Waals surface area contributed by atoms with Gasteiger partial charge < -0.3 is 19.7 Å². The van der Waals surface area contributed by atoms with Crippen molar-refractivity contribution in [2.24, 2.45) is 16.7 Å². The smallest absolute Gasteiger partial charge is 0.407 e. The van der Waals surface area contributed by atoms with Gasteiger partial charge in [0.05, 0.1) is 11.1 Å². The number of benzene rings is 1. The summed E-state index contributed by atoms with van der Waals surface area (Å²) in [5.74, 6) is 0.162. The van der Waals surface area contributed by atoms with Crippen LogP contribution in [-0.2, 0) is 22.6 Å². The summed E-state index contributed by atoms with van der Waals surface area (Å²) in [6, 6.07) is 9.60. The Morgan fingerprint density at radius 3 is 2.54 bits per heavy atom. The van der Waals surface area contributed by atoms with E-state index in [0.717, 1.165) is 29.8 Å². The van der Waals surface area contributed by atoms with Crippen molar-refractivity contribution in [2.45, 2.75) is 86.4 Å². The maximum absolute atomic E-state index is 12.4. The Balaban J connectivity index is 1.77. The Labute approximate surface area is 220 Å². The third-order valence-electron chi connectivity index (χ3n) is 7.10. The minimum Gasteiger partial charge on any atom is -0.481 e. The fraction of sp³-hybridized carbons (Fsp3) is 0.621. The molecule has 204 valence electrons. The number of nitrogens with zero attached hydrogens (tertiary/aromatic N) is 2. The minimum absolute atomic E-state index is 0.00216. The third-order valence-corrected chi connectivity index (χ3v) is 7.10. The largest absolute Gasteiger partial charge is 0.481 e. The van der Waals surface area contributed by atoms with Gasteiger partial charge in [-0.1, -0.05) is 63.5 Å². The van der Waals surface area contributed by atoms with Crippen LogP contribution in [0, 0.1) is 16.7 Å². The summed E-state index contributed by atoms with van der Waals surface area (Å²) in [5.41, 5.74) is 1.16. The number of hydrogen-bond donors (Lipinski definition) is 2. The summed E-state index contributed by atoms with van der Waals surface area (Å²) < 4.78 is 11.1. The van der Waals surface area contributed by atoms with Crippen LogP contribution >= 0.6 is 0 Å². The zero-order valence-corrected chi connectivity index (χ0v) is 23.4. The molecule has 37 heavy (non-hydrogen) atoms. The van der Waals surface area contributed by atoms with Crippen molar-refractivity contribution >= 4 is 12.1 Å². The second kappa shape index (κ2) is 11.3. The molecule has 0 aliphatic carbocycles. The first-order valence-electron chi connectivity index (χ1n) is 13.2. The number of carboxylic acid groups (broad SMARTS) is 1. The number of piperidine rings is 1. The fourth-order valence-corrected chi connectivity index (χ4v) is 5.17. The van der Waals surface area contributed by atoms with Crippen LogP contribution in [0.15, 0.2) is 34.9 Å². The molecule has 1 fully saturated rings. The van der Waals surface area contributed by atoms with E-state index >= 15 is 0 Å². The van der Waals surface area contributed by atoms with E-state index in [1.807, 2.05) is 51.1 Å². The molecule has 0 bridgehead atoms. The number of carbonyl (C=O) groups is 2. The molecule has 1 aliphatic rings. The highest BCUT2D eigenvalue weighted by molar-refractivity contribution is 5.75. The molecule has 8 nitrogen and oxygen atoms in total. The minimum atomic E-state index is -0.753. The van der Waals surface area contributed by atoms with E-state index in [1.54, 1.807) is 0 Å². The van der Waals surface area contributed by atoms with Gasteiger partial charge in [0.1, 0.15) is 5.60 Å². The van der Waals surface area contributed by atoms with Crippen LogP contribution < -0.4 is 5.32 Å². The number of amides is 1. The van der Waals surface area contributed by atoms with Gasteiger partial charge in [-0.25, -0.2) is 4.79 Å². The van der Waals surface area contributed by atoms with Crippen LogP contribution in [0.5, 0.6) is 0 Å². The lowest BCUT2D eigenvalue weighted by molar-refractivity contribution is -0.157. The second-order valence-corrected chi connectivity index (χ2v) is 12.5. The monoisotopic (exact) mass is 513 g/mol. The van der Waals surface area contributed by atoms with Gasteiger partial charge in [-0.3, -0.25) is 9.69 Å². The summed E-state index contributed by atoms with van der Waals surface area (Å²) in [5, 5.41) is 17.3. The van der Waals surface area contributed by atoms with Gasteiger partial charge >= 0.3 is 12.1 Å². The predicted octanol–water partition coefficient (Wildman–Crippen LogP) is 6.11. The number of nitrogens with one attached hydrogen (secondary N) is 1. The molecule has 0 radical (unpaired) electrons. The molecule has 1 amide bonds. The molecule has 2 aromatic rings. The number of hydrogen-bond acceptors (Lipinski definition) is 6. The normalized spacial score (nSPS) is 21.0. The Morgan fingerprint density at radius 1 is 1.22 bits per heavy atom. The Hall–Kier alpha value is -2.87. The zero-order valence-electron chi connectivity index (χ0n) is 23.4. The van der Waals surface area contributed by atoms with Crippen LogP contribution in [-0.4, -0.2) is 45.9 Å². The van der Waals surface area contributed by atoms with E-state index in [2.05, 4.69) is 43.1 Å². The van der Waals surface area contributed by atoms with Crippen molar-refractivity contribution in [1.82, 2.24) is 15.4 Å². The molecule has 1 aliphatic heterocycles. The van der Waals surface area contributed by atoms with Crippen molar-refractivity contribution in [3.8, 4) is 11.3 Å². The second-order valence-electron chi connectivity index (χ2n) is 12.5. The van der Waals surface area contributed by atoms with Gasteiger partial charge in [0.15, 0.2) is 5.76 Å². The van der Waals surface area contributed by atoms with Crippen molar-refractivity contribution in [3.05, 3.63) is 41.6 Å². The van der Waals surface area contributed by atoms with Crippen molar-refractivity contribution in [3.63, 3.8) is 0 Å². The fourth-order valence-electron chi connectivity index (χ4n) is 5.17. The van der Waals surface area contributed by atoms with E-state index in [9.17, 15) is 14.7 Å². The van der Waals surface area contributed by atoms with Gasteiger partial charge in [-0.05, 0) is 50.5 Å². The number of alkyl carbamates (subject to hydrolysis) is 1. The third kappa shape index (κ3) is 7.57. The summed E-state index contributed by atoms with van der Waals surface area (Å²) in [6.45, 7) is 16.2. The summed E-state index contributed by atoms with van der Waals surface area (Å²) in [6.07, 6.45) is 1.71. The first-order valence-corrected chi connectivity index (χ1v) is 13.2. The molecule has 1 aromatic carbocycles. The highest BCUT2D eigenvalue weighted by atomic mass is 16.6. The van der Waals surface area contributed by atoms with E-state index in [-0.39, 0.29) is 11.3 Å². The molecular formula is C29H43N3O5. The Kier molecular flexibility index (Phi) is 8.73. The highest BCUT2D eigenvalue weighted by Crippen LogP contribution is 2.44. The lowest BCUT2D eigenvalue weighted by Gasteiger charge is -2.48. The molecule has 1 saturated heterocycles. The van der Waals surface area contributed by atoms with E-state index in [0.29, 0.717) is 38.2 Å². The summed E-state index contributed by atoms with van der Waals surface area (Å²) in [7, 11) is 0. The zero-order chi connectivity index (χ0) is 27.4. The molecule has 2 N–H and O–H groups in total. The molecule has 0 saturated carbocycles. The number of carbonyl (C=O) groups excluding carboxylic acids is 1. The van der Waals surface area contributed by atoms with E-state index < -0.39 is 23.1 Å². The topological polar surface area (TPSA) is 105 Å². The first kappa shape index (κ1) is 28.7. The Bertz CT molecular complexity index is 1080. The van der Waals surface area contributed by atoms with Gasteiger partial charge in [-0.15, -0.1) is 0 Å². The maximum Gasteiger partial charge on any atom is 0.407 e.